The number of hydrogen-bond acceptors (Lipinski definition) is 3. The van der Waals surface area contributed by atoms with Crippen LogP contribution in [0.5, 0.6) is 5.75 Å². The zero-order chi connectivity index (χ0) is 22.4. The summed E-state index contributed by atoms with van der Waals surface area (Å²) in [5.74, 6) is 3.24. The summed E-state index contributed by atoms with van der Waals surface area (Å²) in [5, 5.41) is 0. The van der Waals surface area contributed by atoms with Gasteiger partial charge in [0.1, 0.15) is 11.6 Å². The third-order valence-electron chi connectivity index (χ3n) is 6.98. The number of aryl methyl sites for hydroxylation is 2. The van der Waals surface area contributed by atoms with Crippen LogP contribution in [0.25, 0.3) is 0 Å². The van der Waals surface area contributed by atoms with Crippen LogP contribution >= 0.6 is 0 Å². The van der Waals surface area contributed by atoms with E-state index in [1.54, 1.807) is 0 Å². The smallest absolute Gasteiger partial charge is 0.131 e. The lowest BCUT2D eigenvalue weighted by atomic mass is 9.82. The van der Waals surface area contributed by atoms with Crippen LogP contribution in [0, 0.1) is 5.92 Å². The molecule has 1 aromatic carbocycles. The first kappa shape index (κ1) is 24.7. The highest BCUT2D eigenvalue weighted by Crippen LogP contribution is 2.34. The summed E-state index contributed by atoms with van der Waals surface area (Å²) in [6.45, 7) is 5.35. The molecule has 0 unspecified atom stereocenters. The van der Waals surface area contributed by atoms with Gasteiger partial charge in [0.25, 0.3) is 0 Å². The van der Waals surface area contributed by atoms with E-state index in [0.29, 0.717) is 11.8 Å². The van der Waals surface area contributed by atoms with Crippen LogP contribution in [0.3, 0.4) is 0 Å². The lowest BCUT2D eigenvalue weighted by molar-refractivity contribution is 0.198. The summed E-state index contributed by atoms with van der Waals surface area (Å²) in [6.07, 6.45) is 21.7. The number of ether oxygens (including phenoxy) is 1. The van der Waals surface area contributed by atoms with Crippen LogP contribution in [0.2, 0.25) is 0 Å². The van der Waals surface area contributed by atoms with Crippen molar-refractivity contribution in [3.8, 4) is 5.75 Å². The second-order valence-corrected chi connectivity index (χ2v) is 9.74. The molecule has 0 bridgehead atoms. The van der Waals surface area contributed by atoms with Gasteiger partial charge in [-0.2, -0.15) is 0 Å². The second kappa shape index (κ2) is 14.3. The highest BCUT2D eigenvalue weighted by Gasteiger charge is 2.24. The van der Waals surface area contributed by atoms with Crippen molar-refractivity contribution in [1.29, 1.82) is 0 Å². The van der Waals surface area contributed by atoms with Gasteiger partial charge in [0.2, 0.25) is 0 Å². The maximum Gasteiger partial charge on any atom is 0.131 e. The van der Waals surface area contributed by atoms with E-state index in [-0.39, 0.29) is 0 Å². The Morgan fingerprint density at radius 2 is 1.31 bits per heavy atom. The number of nitrogens with zero attached hydrogens (tertiary/aromatic N) is 2. The molecule has 1 fully saturated rings. The van der Waals surface area contributed by atoms with Crippen molar-refractivity contribution in [2.24, 2.45) is 5.92 Å². The summed E-state index contributed by atoms with van der Waals surface area (Å²) < 4.78 is 6.13. The third-order valence-corrected chi connectivity index (χ3v) is 6.98. The summed E-state index contributed by atoms with van der Waals surface area (Å²) in [4.78, 5) is 9.40. The number of hydrogen-bond donors (Lipinski definition) is 0. The normalized spacial score (nSPS) is 18.6. The SMILES string of the molecule is CCCCCCCc1ccc(OC[C@H]2CC[C@H](c3ncc(CCCCC)cn3)CC2)cc1. The van der Waals surface area contributed by atoms with Gasteiger partial charge in [0, 0.05) is 18.3 Å². The van der Waals surface area contributed by atoms with Crippen molar-refractivity contribution in [2.45, 2.75) is 110 Å². The molecule has 2 aromatic rings. The predicted molar refractivity (Wildman–Crippen MR) is 134 cm³/mol. The van der Waals surface area contributed by atoms with Crippen LogP contribution in [-0.2, 0) is 12.8 Å². The zero-order valence-electron chi connectivity index (χ0n) is 20.5. The molecule has 3 rings (SSSR count). The summed E-state index contributed by atoms with van der Waals surface area (Å²) >= 11 is 0. The molecule has 1 aromatic heterocycles. The molecular weight excluding hydrogens is 392 g/mol. The number of rotatable bonds is 14. The average Bonchev–Trinajstić information content (AvgIpc) is 2.84. The lowest BCUT2D eigenvalue weighted by Gasteiger charge is -2.27. The fourth-order valence-electron chi connectivity index (χ4n) is 4.77. The van der Waals surface area contributed by atoms with Gasteiger partial charge in [0.15, 0.2) is 0 Å². The molecule has 0 radical (unpaired) electrons. The Hall–Kier alpha value is -1.90. The standard InChI is InChI=1S/C29H44N2O/c1-3-5-7-8-10-11-24-15-19-28(20-16-24)32-23-25-13-17-27(18-14-25)29-30-21-26(22-31-29)12-9-6-4-2/h15-16,19-22,25,27H,3-14,17-18,23H2,1-2H3/t25-,27-. The summed E-state index contributed by atoms with van der Waals surface area (Å²) in [6, 6.07) is 8.80. The van der Waals surface area contributed by atoms with Crippen LogP contribution in [0.4, 0.5) is 0 Å². The molecule has 176 valence electrons. The van der Waals surface area contributed by atoms with Crippen molar-refractivity contribution in [1.82, 2.24) is 9.97 Å². The van der Waals surface area contributed by atoms with E-state index in [9.17, 15) is 0 Å². The molecule has 1 heterocycles. The molecule has 0 amide bonds. The molecule has 0 N–H and O–H groups in total. The summed E-state index contributed by atoms with van der Waals surface area (Å²) in [5.41, 5.74) is 2.72. The first-order valence-corrected chi connectivity index (χ1v) is 13.3. The first-order valence-electron chi connectivity index (χ1n) is 13.3. The third kappa shape index (κ3) is 8.56. The van der Waals surface area contributed by atoms with Crippen LogP contribution in [0.1, 0.15) is 114 Å². The van der Waals surface area contributed by atoms with Crippen LogP contribution in [-0.4, -0.2) is 16.6 Å². The number of aromatic nitrogens is 2. The Labute approximate surface area is 196 Å². The van der Waals surface area contributed by atoms with Gasteiger partial charge < -0.3 is 4.74 Å². The minimum atomic E-state index is 0.521. The van der Waals surface area contributed by atoms with Gasteiger partial charge in [-0.25, -0.2) is 9.97 Å². The Balaban J connectivity index is 1.33. The largest absolute Gasteiger partial charge is 0.493 e. The minimum Gasteiger partial charge on any atom is -0.493 e. The zero-order valence-corrected chi connectivity index (χ0v) is 20.5. The maximum absolute atomic E-state index is 6.13. The predicted octanol–water partition coefficient (Wildman–Crippen LogP) is 8.08. The number of benzene rings is 1. The van der Waals surface area contributed by atoms with Crippen molar-refractivity contribution < 1.29 is 4.74 Å². The van der Waals surface area contributed by atoms with Gasteiger partial charge in [-0.05, 0) is 80.5 Å². The maximum atomic E-state index is 6.13. The Morgan fingerprint density at radius 1 is 0.719 bits per heavy atom. The fourth-order valence-corrected chi connectivity index (χ4v) is 4.77. The van der Waals surface area contributed by atoms with Gasteiger partial charge >= 0.3 is 0 Å². The molecule has 0 aliphatic heterocycles. The van der Waals surface area contributed by atoms with E-state index in [1.807, 2.05) is 0 Å². The first-order chi connectivity index (χ1) is 15.8. The van der Waals surface area contributed by atoms with Crippen molar-refractivity contribution in [2.75, 3.05) is 6.61 Å². The van der Waals surface area contributed by atoms with Crippen LogP contribution in [0.15, 0.2) is 36.7 Å². The van der Waals surface area contributed by atoms with E-state index in [2.05, 4.69) is 50.5 Å². The van der Waals surface area contributed by atoms with Crippen molar-refractivity contribution in [3.63, 3.8) is 0 Å². The van der Waals surface area contributed by atoms with E-state index < -0.39 is 0 Å². The molecule has 0 spiro atoms. The van der Waals surface area contributed by atoms with E-state index in [1.165, 1.54) is 94.6 Å². The molecule has 32 heavy (non-hydrogen) atoms. The molecule has 3 nitrogen and oxygen atoms in total. The number of unbranched alkanes of at least 4 members (excludes halogenated alkanes) is 6. The van der Waals surface area contributed by atoms with E-state index in [0.717, 1.165) is 24.6 Å². The molecule has 1 aliphatic rings. The second-order valence-electron chi connectivity index (χ2n) is 9.74. The lowest BCUT2D eigenvalue weighted by Crippen LogP contribution is -2.20. The Kier molecular flexibility index (Phi) is 11.0. The molecule has 3 heteroatoms. The molecule has 0 saturated heterocycles. The minimum absolute atomic E-state index is 0.521. The quantitative estimate of drug-likeness (QED) is 0.281. The van der Waals surface area contributed by atoms with Gasteiger partial charge in [0.05, 0.1) is 6.61 Å². The van der Waals surface area contributed by atoms with Gasteiger partial charge in [-0.1, -0.05) is 64.5 Å². The molecule has 1 aliphatic carbocycles. The van der Waals surface area contributed by atoms with Crippen molar-refractivity contribution in [3.05, 3.63) is 53.6 Å². The van der Waals surface area contributed by atoms with Crippen LogP contribution < -0.4 is 4.74 Å². The summed E-state index contributed by atoms with van der Waals surface area (Å²) in [7, 11) is 0. The van der Waals surface area contributed by atoms with E-state index >= 15 is 0 Å². The highest BCUT2D eigenvalue weighted by molar-refractivity contribution is 5.27. The molecule has 1 saturated carbocycles. The monoisotopic (exact) mass is 436 g/mol. The van der Waals surface area contributed by atoms with Gasteiger partial charge in [-0.3, -0.25) is 0 Å². The highest BCUT2D eigenvalue weighted by atomic mass is 16.5. The fraction of sp³-hybridized carbons (Fsp3) is 0.655. The average molecular weight is 437 g/mol. The topological polar surface area (TPSA) is 35.0 Å². The van der Waals surface area contributed by atoms with Gasteiger partial charge in [-0.15, -0.1) is 0 Å². The van der Waals surface area contributed by atoms with E-state index in [4.69, 9.17) is 14.7 Å². The Morgan fingerprint density at radius 3 is 2.00 bits per heavy atom. The Bertz CT molecular complexity index is 733. The molecule has 0 atom stereocenters. The van der Waals surface area contributed by atoms with Crippen molar-refractivity contribution >= 4 is 0 Å². The molecular formula is C29H44N2O.